The smallest absolute Gasteiger partial charge is 0.338 e. The highest BCUT2D eigenvalue weighted by atomic mass is 32.1. The van der Waals surface area contributed by atoms with Gasteiger partial charge in [-0.3, -0.25) is 9.59 Å². The summed E-state index contributed by atoms with van der Waals surface area (Å²) < 4.78 is 38.8. The van der Waals surface area contributed by atoms with Gasteiger partial charge in [0.2, 0.25) is 11.8 Å². The SMILES string of the molecule is O=C1CC(C(=O)N2CCCC2c2ccsc2)CN1Cc1cccc(C(F)(F)F)c1. The Morgan fingerprint density at radius 1 is 1.24 bits per heavy atom. The lowest BCUT2D eigenvalue weighted by Gasteiger charge is -2.27. The summed E-state index contributed by atoms with van der Waals surface area (Å²) in [5.41, 5.74) is 0.814. The Labute approximate surface area is 170 Å². The Bertz CT molecular complexity index is 898. The van der Waals surface area contributed by atoms with E-state index in [1.165, 1.54) is 11.0 Å². The lowest BCUT2D eigenvalue weighted by atomic mass is 10.0. The number of halogens is 3. The molecule has 0 bridgehead atoms. The largest absolute Gasteiger partial charge is 0.416 e. The van der Waals surface area contributed by atoms with E-state index in [0.29, 0.717) is 12.1 Å². The molecule has 154 valence electrons. The van der Waals surface area contributed by atoms with Gasteiger partial charge in [0.1, 0.15) is 0 Å². The summed E-state index contributed by atoms with van der Waals surface area (Å²) in [6, 6.07) is 7.08. The first kappa shape index (κ1) is 19.9. The van der Waals surface area contributed by atoms with Crippen LogP contribution in [0.4, 0.5) is 13.2 Å². The molecule has 0 aliphatic carbocycles. The van der Waals surface area contributed by atoms with Crippen molar-refractivity contribution in [3.8, 4) is 0 Å². The number of thiophene rings is 1. The van der Waals surface area contributed by atoms with Crippen LogP contribution in [-0.4, -0.2) is 34.7 Å². The maximum absolute atomic E-state index is 13.1. The van der Waals surface area contributed by atoms with Gasteiger partial charge in [-0.2, -0.15) is 24.5 Å². The molecule has 0 spiro atoms. The zero-order valence-corrected chi connectivity index (χ0v) is 16.5. The molecule has 0 N–H and O–H groups in total. The van der Waals surface area contributed by atoms with Crippen molar-refractivity contribution >= 4 is 23.2 Å². The molecule has 2 atom stereocenters. The third-order valence-electron chi connectivity index (χ3n) is 5.66. The predicted octanol–water partition coefficient (Wildman–Crippen LogP) is 4.48. The summed E-state index contributed by atoms with van der Waals surface area (Å²) in [5.74, 6) is -0.654. The molecule has 2 aromatic rings. The van der Waals surface area contributed by atoms with Gasteiger partial charge in [-0.1, -0.05) is 12.1 Å². The molecule has 4 nitrogen and oxygen atoms in total. The topological polar surface area (TPSA) is 40.6 Å². The molecule has 1 aromatic carbocycles. The van der Waals surface area contributed by atoms with Crippen molar-refractivity contribution in [3.63, 3.8) is 0 Å². The number of alkyl halides is 3. The van der Waals surface area contributed by atoms with E-state index in [1.54, 1.807) is 17.4 Å². The third-order valence-corrected chi connectivity index (χ3v) is 6.36. The van der Waals surface area contributed by atoms with E-state index in [0.717, 1.165) is 30.5 Å². The van der Waals surface area contributed by atoms with E-state index in [4.69, 9.17) is 0 Å². The van der Waals surface area contributed by atoms with Crippen LogP contribution in [-0.2, 0) is 22.3 Å². The second kappa shape index (κ2) is 7.82. The van der Waals surface area contributed by atoms with Crippen molar-refractivity contribution in [2.75, 3.05) is 13.1 Å². The van der Waals surface area contributed by atoms with Crippen molar-refractivity contribution in [1.29, 1.82) is 0 Å². The second-order valence-corrected chi connectivity index (χ2v) is 8.40. The maximum Gasteiger partial charge on any atom is 0.416 e. The average molecular weight is 422 g/mol. The second-order valence-electron chi connectivity index (χ2n) is 7.62. The first-order valence-electron chi connectivity index (χ1n) is 9.59. The fourth-order valence-electron chi connectivity index (χ4n) is 4.23. The molecule has 0 radical (unpaired) electrons. The fourth-order valence-corrected chi connectivity index (χ4v) is 4.94. The van der Waals surface area contributed by atoms with Gasteiger partial charge in [0.05, 0.1) is 17.5 Å². The van der Waals surface area contributed by atoms with Crippen LogP contribution in [0.15, 0.2) is 41.1 Å². The van der Waals surface area contributed by atoms with E-state index >= 15 is 0 Å². The number of amides is 2. The number of rotatable bonds is 4. The van der Waals surface area contributed by atoms with Gasteiger partial charge in [0.25, 0.3) is 0 Å². The summed E-state index contributed by atoms with van der Waals surface area (Å²) in [4.78, 5) is 28.9. The predicted molar refractivity (Wildman–Crippen MR) is 103 cm³/mol. The zero-order chi connectivity index (χ0) is 20.6. The van der Waals surface area contributed by atoms with Crippen molar-refractivity contribution in [3.05, 3.63) is 57.8 Å². The highest BCUT2D eigenvalue weighted by Crippen LogP contribution is 2.36. The summed E-state index contributed by atoms with van der Waals surface area (Å²) in [6.07, 6.45) is -2.46. The molecular weight excluding hydrogens is 401 g/mol. The molecule has 2 unspecified atom stereocenters. The number of carbonyl (C=O) groups excluding carboxylic acids is 2. The van der Waals surface area contributed by atoms with Crippen molar-refractivity contribution in [2.45, 2.75) is 38.0 Å². The number of benzene rings is 1. The average Bonchev–Trinajstić information content (AvgIpc) is 3.42. The Kier molecular flexibility index (Phi) is 5.38. The van der Waals surface area contributed by atoms with Crippen molar-refractivity contribution < 1.29 is 22.8 Å². The summed E-state index contributed by atoms with van der Waals surface area (Å²) >= 11 is 1.60. The fraction of sp³-hybridized carbons (Fsp3) is 0.429. The number of hydrogen-bond acceptors (Lipinski definition) is 3. The Hall–Kier alpha value is -2.35. The number of likely N-dealkylation sites (tertiary alicyclic amines) is 2. The molecule has 2 amide bonds. The summed E-state index contributed by atoms with van der Waals surface area (Å²) in [5, 5.41) is 4.04. The van der Waals surface area contributed by atoms with E-state index in [2.05, 4.69) is 5.38 Å². The van der Waals surface area contributed by atoms with Crippen LogP contribution in [0.25, 0.3) is 0 Å². The number of nitrogens with zero attached hydrogens (tertiary/aromatic N) is 2. The maximum atomic E-state index is 13.1. The first-order chi connectivity index (χ1) is 13.8. The summed E-state index contributed by atoms with van der Waals surface area (Å²) in [6.45, 7) is 1.01. The molecule has 3 heterocycles. The first-order valence-corrected chi connectivity index (χ1v) is 10.5. The van der Waals surface area contributed by atoms with E-state index in [9.17, 15) is 22.8 Å². The molecule has 8 heteroatoms. The molecule has 1 aromatic heterocycles. The quantitative estimate of drug-likeness (QED) is 0.729. The van der Waals surface area contributed by atoms with Crippen molar-refractivity contribution in [1.82, 2.24) is 9.80 Å². The van der Waals surface area contributed by atoms with Gasteiger partial charge < -0.3 is 9.80 Å². The van der Waals surface area contributed by atoms with Crippen LogP contribution in [0.5, 0.6) is 0 Å². The number of hydrogen-bond donors (Lipinski definition) is 0. The highest BCUT2D eigenvalue weighted by molar-refractivity contribution is 7.08. The molecule has 2 fully saturated rings. The Morgan fingerprint density at radius 3 is 2.79 bits per heavy atom. The van der Waals surface area contributed by atoms with Crippen LogP contribution in [0.2, 0.25) is 0 Å². The standard InChI is InChI=1S/C21H21F3N2O2S/c22-21(23,24)17-4-1-3-14(9-17)11-25-12-16(10-19(25)27)20(28)26-7-2-5-18(26)15-6-8-29-13-15/h1,3-4,6,8-9,13,16,18H,2,5,7,10-12H2. The van der Waals surface area contributed by atoms with Crippen LogP contribution < -0.4 is 0 Å². The summed E-state index contributed by atoms with van der Waals surface area (Å²) in [7, 11) is 0. The van der Waals surface area contributed by atoms with E-state index in [1.807, 2.05) is 16.3 Å². The van der Waals surface area contributed by atoms with Gasteiger partial charge in [0, 0.05) is 26.1 Å². The van der Waals surface area contributed by atoms with Gasteiger partial charge >= 0.3 is 6.18 Å². The van der Waals surface area contributed by atoms with Crippen LogP contribution in [0.3, 0.4) is 0 Å². The van der Waals surface area contributed by atoms with Gasteiger partial charge in [0.15, 0.2) is 0 Å². The third kappa shape index (κ3) is 4.17. The zero-order valence-electron chi connectivity index (χ0n) is 15.7. The molecule has 2 aliphatic heterocycles. The minimum Gasteiger partial charge on any atom is -0.338 e. The highest BCUT2D eigenvalue weighted by Gasteiger charge is 2.40. The van der Waals surface area contributed by atoms with Gasteiger partial charge in [-0.05, 0) is 52.9 Å². The van der Waals surface area contributed by atoms with E-state index < -0.39 is 17.7 Å². The molecular formula is C21H21F3N2O2S. The van der Waals surface area contributed by atoms with Crippen LogP contribution in [0.1, 0.15) is 42.0 Å². The van der Waals surface area contributed by atoms with Gasteiger partial charge in [-0.15, -0.1) is 0 Å². The van der Waals surface area contributed by atoms with Crippen molar-refractivity contribution in [2.24, 2.45) is 5.92 Å². The lowest BCUT2D eigenvalue weighted by Crippen LogP contribution is -2.36. The molecule has 29 heavy (non-hydrogen) atoms. The van der Waals surface area contributed by atoms with Crippen LogP contribution in [0, 0.1) is 5.92 Å². The van der Waals surface area contributed by atoms with Gasteiger partial charge in [-0.25, -0.2) is 0 Å². The number of carbonyl (C=O) groups is 2. The molecule has 2 aliphatic rings. The Morgan fingerprint density at radius 2 is 2.07 bits per heavy atom. The Balaban J connectivity index is 1.43. The molecule has 2 saturated heterocycles. The minimum absolute atomic E-state index is 0.0291. The minimum atomic E-state index is -4.42. The molecule has 4 rings (SSSR count). The molecule has 0 saturated carbocycles. The normalized spacial score (nSPS) is 22.5. The van der Waals surface area contributed by atoms with E-state index in [-0.39, 0.29) is 37.4 Å². The lowest BCUT2D eigenvalue weighted by molar-refractivity contribution is -0.138. The van der Waals surface area contributed by atoms with Crippen LogP contribution >= 0.6 is 11.3 Å². The monoisotopic (exact) mass is 422 g/mol.